The number of fused-ring (bicyclic) bond motifs is 1. The Bertz CT molecular complexity index is 1140. The quantitative estimate of drug-likeness (QED) is 0.476. The van der Waals surface area contributed by atoms with E-state index < -0.39 is 11.8 Å². The SMILES string of the molecule is COc1ccc(C(=O)NCC(=O)N/N=C/c2coc3ccc(Cl)cc3c2=O)cc1. The molecule has 0 atom stereocenters. The number of methoxy groups -OCH3 is 1. The normalized spacial score (nSPS) is 10.8. The van der Waals surface area contributed by atoms with Crippen LogP contribution in [0.1, 0.15) is 15.9 Å². The van der Waals surface area contributed by atoms with E-state index in [1.165, 1.54) is 19.4 Å². The summed E-state index contributed by atoms with van der Waals surface area (Å²) in [4.78, 5) is 36.2. The molecule has 0 unspecified atom stereocenters. The van der Waals surface area contributed by atoms with Crippen LogP contribution in [-0.2, 0) is 4.79 Å². The molecule has 2 amide bonds. The molecule has 9 heteroatoms. The van der Waals surface area contributed by atoms with Crippen LogP contribution in [0.2, 0.25) is 5.02 Å². The first-order valence-corrected chi connectivity index (χ1v) is 8.81. The van der Waals surface area contributed by atoms with Crippen LogP contribution >= 0.6 is 11.6 Å². The number of carbonyl (C=O) groups excluding carboxylic acids is 2. The van der Waals surface area contributed by atoms with Crippen molar-refractivity contribution in [1.82, 2.24) is 10.7 Å². The van der Waals surface area contributed by atoms with Crippen molar-refractivity contribution >= 4 is 40.6 Å². The molecule has 8 nitrogen and oxygen atoms in total. The molecule has 0 aliphatic rings. The van der Waals surface area contributed by atoms with Crippen LogP contribution in [0.5, 0.6) is 5.75 Å². The molecule has 1 aromatic heterocycles. The fourth-order valence-electron chi connectivity index (χ4n) is 2.43. The van der Waals surface area contributed by atoms with Gasteiger partial charge < -0.3 is 14.5 Å². The predicted octanol–water partition coefficient (Wildman–Crippen LogP) is 2.34. The number of halogens is 1. The third-order valence-electron chi connectivity index (χ3n) is 3.92. The third-order valence-corrected chi connectivity index (χ3v) is 4.15. The van der Waals surface area contributed by atoms with E-state index in [1.807, 2.05) is 0 Å². The monoisotopic (exact) mass is 413 g/mol. The number of amides is 2. The summed E-state index contributed by atoms with van der Waals surface area (Å²) in [5.74, 6) is -0.357. The number of carbonyl (C=O) groups is 2. The van der Waals surface area contributed by atoms with E-state index in [0.717, 1.165) is 6.21 Å². The van der Waals surface area contributed by atoms with Crippen LogP contribution in [0, 0.1) is 0 Å². The lowest BCUT2D eigenvalue weighted by Gasteiger charge is -2.05. The highest BCUT2D eigenvalue weighted by Crippen LogP contribution is 2.16. The van der Waals surface area contributed by atoms with Crippen molar-refractivity contribution in [3.63, 3.8) is 0 Å². The first-order valence-electron chi connectivity index (χ1n) is 8.43. The number of ether oxygens (including phenoxy) is 1. The molecule has 0 radical (unpaired) electrons. The van der Waals surface area contributed by atoms with Gasteiger partial charge in [-0.05, 0) is 42.5 Å². The fourth-order valence-corrected chi connectivity index (χ4v) is 2.60. The Balaban J connectivity index is 1.57. The Morgan fingerprint density at radius 2 is 1.97 bits per heavy atom. The van der Waals surface area contributed by atoms with Crippen molar-refractivity contribution in [2.24, 2.45) is 5.10 Å². The first-order chi connectivity index (χ1) is 14.0. The van der Waals surface area contributed by atoms with Crippen LogP contribution < -0.4 is 20.9 Å². The highest BCUT2D eigenvalue weighted by molar-refractivity contribution is 6.31. The van der Waals surface area contributed by atoms with E-state index in [2.05, 4.69) is 15.8 Å². The fraction of sp³-hybridized carbons (Fsp3) is 0.100. The first kappa shape index (κ1) is 20.1. The van der Waals surface area contributed by atoms with Gasteiger partial charge in [-0.25, -0.2) is 5.43 Å². The van der Waals surface area contributed by atoms with Crippen molar-refractivity contribution in [3.8, 4) is 5.75 Å². The van der Waals surface area contributed by atoms with Gasteiger partial charge >= 0.3 is 0 Å². The van der Waals surface area contributed by atoms with Gasteiger partial charge in [-0.1, -0.05) is 11.6 Å². The smallest absolute Gasteiger partial charge is 0.259 e. The van der Waals surface area contributed by atoms with Gasteiger partial charge in [0.1, 0.15) is 17.6 Å². The van der Waals surface area contributed by atoms with E-state index in [9.17, 15) is 14.4 Å². The lowest BCUT2D eigenvalue weighted by atomic mass is 10.2. The molecule has 148 valence electrons. The summed E-state index contributed by atoms with van der Waals surface area (Å²) in [6.45, 7) is -0.288. The topological polar surface area (TPSA) is 110 Å². The second kappa shape index (κ2) is 9.03. The molecule has 0 fully saturated rings. The van der Waals surface area contributed by atoms with Crippen molar-refractivity contribution in [3.05, 3.63) is 75.1 Å². The summed E-state index contributed by atoms with van der Waals surface area (Å²) in [5, 5.41) is 6.89. The number of nitrogens with one attached hydrogen (secondary N) is 2. The van der Waals surface area contributed by atoms with E-state index in [4.69, 9.17) is 20.8 Å². The summed E-state index contributed by atoms with van der Waals surface area (Å²) in [6, 6.07) is 11.1. The van der Waals surface area contributed by atoms with Crippen molar-refractivity contribution in [1.29, 1.82) is 0 Å². The van der Waals surface area contributed by atoms with Gasteiger partial charge in [-0.2, -0.15) is 5.10 Å². The van der Waals surface area contributed by atoms with Crippen molar-refractivity contribution < 1.29 is 18.7 Å². The average Bonchev–Trinajstić information content (AvgIpc) is 2.74. The summed E-state index contributed by atoms with van der Waals surface area (Å²) in [6.07, 6.45) is 2.40. The zero-order chi connectivity index (χ0) is 20.8. The molecule has 0 bridgehead atoms. The summed E-state index contributed by atoms with van der Waals surface area (Å²) in [7, 11) is 1.52. The summed E-state index contributed by atoms with van der Waals surface area (Å²) in [5.41, 5.74) is 2.81. The van der Waals surface area contributed by atoms with Gasteiger partial charge in [-0.15, -0.1) is 0 Å². The molecule has 3 aromatic rings. The van der Waals surface area contributed by atoms with E-state index >= 15 is 0 Å². The molecule has 1 heterocycles. The van der Waals surface area contributed by atoms with Gasteiger partial charge in [0.2, 0.25) is 5.43 Å². The Morgan fingerprint density at radius 1 is 1.21 bits per heavy atom. The van der Waals surface area contributed by atoms with Gasteiger partial charge in [0, 0.05) is 10.6 Å². The molecule has 0 spiro atoms. The van der Waals surface area contributed by atoms with E-state index in [0.29, 0.717) is 27.3 Å². The van der Waals surface area contributed by atoms with Crippen LogP contribution in [0.4, 0.5) is 0 Å². The minimum absolute atomic E-state index is 0.141. The third kappa shape index (κ3) is 4.99. The minimum Gasteiger partial charge on any atom is -0.497 e. The van der Waals surface area contributed by atoms with Crippen molar-refractivity contribution in [2.45, 2.75) is 0 Å². The summed E-state index contributed by atoms with van der Waals surface area (Å²) < 4.78 is 10.4. The van der Waals surface area contributed by atoms with E-state index in [-0.39, 0.29) is 17.5 Å². The molecule has 0 saturated heterocycles. The molecule has 29 heavy (non-hydrogen) atoms. The molecule has 0 aliphatic heterocycles. The molecule has 3 rings (SSSR count). The van der Waals surface area contributed by atoms with Crippen LogP contribution in [0.3, 0.4) is 0 Å². The number of rotatable bonds is 6. The largest absolute Gasteiger partial charge is 0.497 e. The Kier molecular flexibility index (Phi) is 6.25. The lowest BCUT2D eigenvalue weighted by Crippen LogP contribution is -2.35. The van der Waals surface area contributed by atoms with E-state index in [1.54, 1.807) is 36.4 Å². The molecule has 2 aromatic carbocycles. The molecule has 0 aliphatic carbocycles. The van der Waals surface area contributed by atoms with Gasteiger partial charge in [-0.3, -0.25) is 14.4 Å². The highest BCUT2D eigenvalue weighted by Gasteiger charge is 2.09. The highest BCUT2D eigenvalue weighted by atomic mass is 35.5. The van der Waals surface area contributed by atoms with Gasteiger partial charge in [0.15, 0.2) is 0 Å². The van der Waals surface area contributed by atoms with Crippen LogP contribution in [0.25, 0.3) is 11.0 Å². The molecular formula is C20H16ClN3O5. The second-order valence-electron chi connectivity index (χ2n) is 5.87. The zero-order valence-corrected chi connectivity index (χ0v) is 16.0. The average molecular weight is 414 g/mol. The number of hydrazone groups is 1. The number of hydrogen-bond acceptors (Lipinski definition) is 6. The number of nitrogens with zero attached hydrogens (tertiary/aromatic N) is 1. The Morgan fingerprint density at radius 3 is 2.69 bits per heavy atom. The van der Waals surface area contributed by atoms with Crippen LogP contribution in [-0.4, -0.2) is 31.7 Å². The van der Waals surface area contributed by atoms with Crippen molar-refractivity contribution in [2.75, 3.05) is 13.7 Å². The number of benzene rings is 2. The standard InChI is InChI=1S/C20H16ClN3O5/c1-28-15-5-2-12(3-6-15)20(27)22-10-18(25)24-23-9-13-11-29-17-7-4-14(21)8-16(17)19(13)26/h2-9,11H,10H2,1H3,(H,22,27)(H,24,25)/b23-9+. The van der Waals surface area contributed by atoms with Crippen LogP contribution in [0.15, 0.2) is 63.0 Å². The minimum atomic E-state index is -0.559. The Labute approximate surface area is 170 Å². The summed E-state index contributed by atoms with van der Waals surface area (Å²) >= 11 is 5.90. The predicted molar refractivity (Wildman–Crippen MR) is 109 cm³/mol. The maximum absolute atomic E-state index is 12.4. The maximum atomic E-state index is 12.4. The van der Waals surface area contributed by atoms with Gasteiger partial charge in [0.25, 0.3) is 11.8 Å². The molecule has 0 saturated carbocycles. The maximum Gasteiger partial charge on any atom is 0.259 e. The second-order valence-corrected chi connectivity index (χ2v) is 6.30. The molecule has 2 N–H and O–H groups in total. The Hall–Kier alpha value is -3.65. The zero-order valence-electron chi connectivity index (χ0n) is 15.3. The molecular weight excluding hydrogens is 398 g/mol. The van der Waals surface area contributed by atoms with Gasteiger partial charge in [0.05, 0.1) is 30.8 Å². The lowest BCUT2D eigenvalue weighted by molar-refractivity contribution is -0.120. The number of hydrogen-bond donors (Lipinski definition) is 2.